The average molecular weight is 282 g/mol. The van der Waals surface area contributed by atoms with E-state index in [2.05, 4.69) is 60.7 Å². The summed E-state index contributed by atoms with van der Waals surface area (Å²) in [7, 11) is 0. The first-order valence-corrected chi connectivity index (χ1v) is 8.75. The number of rotatable bonds is 6. The van der Waals surface area contributed by atoms with Gasteiger partial charge in [-0.15, -0.1) is 0 Å². The Morgan fingerprint density at radius 1 is 0.850 bits per heavy atom. The molecule has 0 aromatic rings. The van der Waals surface area contributed by atoms with E-state index in [-0.39, 0.29) is 0 Å². The molecule has 0 aliphatic heterocycles. The Morgan fingerprint density at radius 3 is 1.60 bits per heavy atom. The van der Waals surface area contributed by atoms with Crippen molar-refractivity contribution >= 4 is 0 Å². The van der Waals surface area contributed by atoms with Crippen molar-refractivity contribution in [2.45, 2.75) is 99.6 Å². The molecule has 1 rings (SSSR count). The van der Waals surface area contributed by atoms with E-state index in [0.29, 0.717) is 22.9 Å². The highest BCUT2D eigenvalue weighted by Crippen LogP contribution is 2.45. The lowest BCUT2D eigenvalue weighted by Gasteiger charge is -2.46. The van der Waals surface area contributed by atoms with Crippen molar-refractivity contribution in [2.75, 3.05) is 0 Å². The maximum absolute atomic E-state index is 4.03. The zero-order valence-corrected chi connectivity index (χ0v) is 15.3. The lowest BCUT2D eigenvalue weighted by atomic mass is 9.63. The molecule has 0 unspecified atom stereocenters. The van der Waals surface area contributed by atoms with Gasteiger partial charge in [-0.3, -0.25) is 0 Å². The van der Waals surface area contributed by atoms with E-state index in [9.17, 15) is 0 Å². The van der Waals surface area contributed by atoms with Crippen LogP contribution in [0.15, 0.2) is 0 Å². The van der Waals surface area contributed by atoms with Crippen LogP contribution >= 0.6 is 0 Å². The van der Waals surface area contributed by atoms with Crippen molar-refractivity contribution in [3.63, 3.8) is 0 Å². The van der Waals surface area contributed by atoms with Crippen LogP contribution in [0.5, 0.6) is 0 Å². The Kier molecular flexibility index (Phi) is 6.14. The molecular formula is C19H39N. The highest BCUT2D eigenvalue weighted by molar-refractivity contribution is 4.93. The van der Waals surface area contributed by atoms with Crippen LogP contribution in [0.3, 0.4) is 0 Å². The van der Waals surface area contributed by atoms with E-state index >= 15 is 0 Å². The summed E-state index contributed by atoms with van der Waals surface area (Å²) >= 11 is 0. The SMILES string of the molecule is CC(C)CC(CC(C)C)NC1CC(C)(C)CC(C)(C)C1. The molecule has 1 fully saturated rings. The third-order valence-corrected chi connectivity index (χ3v) is 4.54. The van der Waals surface area contributed by atoms with Gasteiger partial charge in [-0.1, -0.05) is 55.4 Å². The lowest BCUT2D eigenvalue weighted by molar-refractivity contribution is 0.0773. The molecule has 0 saturated heterocycles. The Labute approximate surface area is 128 Å². The van der Waals surface area contributed by atoms with Crippen molar-refractivity contribution < 1.29 is 0 Å². The van der Waals surface area contributed by atoms with E-state index in [1.54, 1.807) is 0 Å². The van der Waals surface area contributed by atoms with Gasteiger partial charge in [0.05, 0.1) is 0 Å². The van der Waals surface area contributed by atoms with Crippen LogP contribution in [-0.2, 0) is 0 Å². The van der Waals surface area contributed by atoms with Crippen molar-refractivity contribution in [2.24, 2.45) is 22.7 Å². The second-order valence-electron chi connectivity index (χ2n) is 9.73. The zero-order valence-electron chi connectivity index (χ0n) is 15.3. The van der Waals surface area contributed by atoms with Gasteiger partial charge >= 0.3 is 0 Å². The van der Waals surface area contributed by atoms with Crippen LogP contribution < -0.4 is 5.32 Å². The molecule has 1 aliphatic carbocycles. The minimum absolute atomic E-state index is 0.486. The number of hydrogen-bond donors (Lipinski definition) is 1. The summed E-state index contributed by atoms with van der Waals surface area (Å²) in [6, 6.07) is 1.40. The average Bonchev–Trinajstić information content (AvgIpc) is 2.08. The monoisotopic (exact) mass is 281 g/mol. The lowest BCUT2D eigenvalue weighted by Crippen LogP contribution is -2.48. The highest BCUT2D eigenvalue weighted by Gasteiger charge is 2.38. The minimum atomic E-state index is 0.486. The maximum Gasteiger partial charge on any atom is 0.00798 e. The van der Waals surface area contributed by atoms with E-state index in [4.69, 9.17) is 0 Å². The van der Waals surface area contributed by atoms with Gasteiger partial charge in [-0.05, 0) is 54.8 Å². The molecule has 0 spiro atoms. The summed E-state index contributed by atoms with van der Waals surface area (Å²) in [5.74, 6) is 1.58. The molecule has 1 aliphatic rings. The number of nitrogens with one attached hydrogen (secondary N) is 1. The van der Waals surface area contributed by atoms with Crippen LogP contribution in [-0.4, -0.2) is 12.1 Å². The van der Waals surface area contributed by atoms with Gasteiger partial charge in [0.2, 0.25) is 0 Å². The quantitative estimate of drug-likeness (QED) is 0.664. The maximum atomic E-state index is 4.03. The van der Waals surface area contributed by atoms with Crippen molar-refractivity contribution in [3.05, 3.63) is 0 Å². The molecule has 0 radical (unpaired) electrons. The summed E-state index contributed by atoms with van der Waals surface area (Å²) in [4.78, 5) is 0. The third kappa shape index (κ3) is 6.61. The van der Waals surface area contributed by atoms with Gasteiger partial charge in [-0.2, -0.15) is 0 Å². The molecule has 0 aromatic heterocycles. The first kappa shape index (κ1) is 18.0. The highest BCUT2D eigenvalue weighted by atomic mass is 15.0. The van der Waals surface area contributed by atoms with Crippen LogP contribution in [0.2, 0.25) is 0 Å². The van der Waals surface area contributed by atoms with Crippen LogP contribution in [0, 0.1) is 22.7 Å². The molecular weight excluding hydrogens is 242 g/mol. The Bertz CT molecular complexity index is 262. The molecule has 0 atom stereocenters. The summed E-state index contributed by atoms with van der Waals surface area (Å²) in [5, 5.41) is 4.03. The second-order valence-corrected chi connectivity index (χ2v) is 9.73. The van der Waals surface area contributed by atoms with Crippen molar-refractivity contribution in [3.8, 4) is 0 Å². The Balaban J connectivity index is 2.66. The predicted octanol–water partition coefficient (Wildman–Crippen LogP) is 5.64. The van der Waals surface area contributed by atoms with Crippen molar-refractivity contribution in [1.82, 2.24) is 5.32 Å². The van der Waals surface area contributed by atoms with E-state index in [1.807, 2.05) is 0 Å². The van der Waals surface area contributed by atoms with E-state index < -0.39 is 0 Å². The molecule has 20 heavy (non-hydrogen) atoms. The van der Waals surface area contributed by atoms with Crippen LogP contribution in [0.1, 0.15) is 87.5 Å². The predicted molar refractivity (Wildman–Crippen MR) is 91.0 cm³/mol. The molecule has 0 amide bonds. The fourth-order valence-corrected chi connectivity index (χ4v) is 4.67. The van der Waals surface area contributed by atoms with Crippen molar-refractivity contribution in [1.29, 1.82) is 0 Å². The fourth-order valence-electron chi connectivity index (χ4n) is 4.67. The molecule has 0 heterocycles. The Hall–Kier alpha value is -0.0400. The topological polar surface area (TPSA) is 12.0 Å². The molecule has 0 aromatic carbocycles. The normalized spacial score (nSPS) is 22.9. The minimum Gasteiger partial charge on any atom is -0.311 e. The van der Waals surface area contributed by atoms with Crippen LogP contribution in [0.4, 0.5) is 0 Å². The fraction of sp³-hybridized carbons (Fsp3) is 1.00. The summed E-state index contributed by atoms with van der Waals surface area (Å²) in [6.07, 6.45) is 6.66. The largest absolute Gasteiger partial charge is 0.311 e. The molecule has 120 valence electrons. The summed E-state index contributed by atoms with van der Waals surface area (Å²) < 4.78 is 0. The standard InChI is InChI=1S/C19H39N/c1-14(2)9-16(10-15(3)4)20-17-11-18(5,6)13-19(7,8)12-17/h14-17,20H,9-13H2,1-8H3. The molecule has 0 bridgehead atoms. The van der Waals surface area contributed by atoms with E-state index in [1.165, 1.54) is 32.1 Å². The zero-order chi connectivity index (χ0) is 15.6. The van der Waals surface area contributed by atoms with Gasteiger partial charge < -0.3 is 5.32 Å². The summed E-state index contributed by atoms with van der Waals surface area (Å²) in [6.45, 7) is 19.2. The van der Waals surface area contributed by atoms with Gasteiger partial charge in [0, 0.05) is 12.1 Å². The van der Waals surface area contributed by atoms with E-state index in [0.717, 1.165) is 11.8 Å². The third-order valence-electron chi connectivity index (χ3n) is 4.54. The van der Waals surface area contributed by atoms with Crippen LogP contribution in [0.25, 0.3) is 0 Å². The molecule has 1 nitrogen and oxygen atoms in total. The molecule has 1 N–H and O–H groups in total. The first-order valence-electron chi connectivity index (χ1n) is 8.75. The second kappa shape index (κ2) is 6.81. The molecule has 1 saturated carbocycles. The smallest absolute Gasteiger partial charge is 0.00798 e. The van der Waals surface area contributed by atoms with Gasteiger partial charge in [0.15, 0.2) is 0 Å². The van der Waals surface area contributed by atoms with Gasteiger partial charge in [0.25, 0.3) is 0 Å². The molecule has 1 heteroatoms. The number of hydrogen-bond acceptors (Lipinski definition) is 1. The first-order chi connectivity index (χ1) is 8.99. The summed E-state index contributed by atoms with van der Waals surface area (Å²) in [5.41, 5.74) is 0.971. The van der Waals surface area contributed by atoms with Gasteiger partial charge in [0.1, 0.15) is 0 Å². The Morgan fingerprint density at radius 2 is 1.25 bits per heavy atom. The van der Waals surface area contributed by atoms with Gasteiger partial charge in [-0.25, -0.2) is 0 Å².